The molecule has 0 radical (unpaired) electrons. The molecule has 1 aromatic carbocycles. The zero-order chi connectivity index (χ0) is 20.3. The lowest BCUT2D eigenvalue weighted by Gasteiger charge is -2.32. The molecule has 0 saturated carbocycles. The largest absolute Gasteiger partial charge is 0.495 e. The highest BCUT2D eigenvalue weighted by molar-refractivity contribution is 6.32. The van der Waals surface area contributed by atoms with E-state index in [0.717, 1.165) is 12.4 Å². The SMILES string of the molecule is COc1ccc(NC(=O)C2CCN(c3cc(C(F)(F)F)ncn3)CC2)cc1Cl. The average molecular weight is 415 g/mol. The summed E-state index contributed by atoms with van der Waals surface area (Å²) in [5, 5.41) is 3.20. The van der Waals surface area contributed by atoms with Crippen LogP contribution in [0.4, 0.5) is 24.7 Å². The molecule has 2 heterocycles. The Balaban J connectivity index is 1.59. The van der Waals surface area contributed by atoms with Gasteiger partial charge in [0.1, 0.15) is 23.6 Å². The van der Waals surface area contributed by atoms with Gasteiger partial charge in [-0.3, -0.25) is 4.79 Å². The number of halogens is 4. The van der Waals surface area contributed by atoms with E-state index in [9.17, 15) is 18.0 Å². The molecular weight excluding hydrogens is 397 g/mol. The number of hydrogen-bond donors (Lipinski definition) is 1. The maximum atomic E-state index is 12.8. The summed E-state index contributed by atoms with van der Waals surface area (Å²) >= 11 is 6.06. The molecule has 1 aromatic heterocycles. The van der Waals surface area contributed by atoms with Crippen molar-refractivity contribution in [1.82, 2.24) is 9.97 Å². The van der Waals surface area contributed by atoms with Crippen molar-refractivity contribution in [2.75, 3.05) is 30.4 Å². The molecule has 0 unspecified atom stereocenters. The van der Waals surface area contributed by atoms with Crippen molar-refractivity contribution in [2.24, 2.45) is 5.92 Å². The molecule has 150 valence electrons. The number of anilines is 2. The molecule has 1 N–H and O–H groups in total. The van der Waals surface area contributed by atoms with Crippen molar-refractivity contribution < 1.29 is 22.7 Å². The van der Waals surface area contributed by atoms with E-state index >= 15 is 0 Å². The van der Waals surface area contributed by atoms with E-state index in [1.54, 1.807) is 23.1 Å². The summed E-state index contributed by atoms with van der Waals surface area (Å²) in [6.45, 7) is 0.853. The molecule has 1 fully saturated rings. The number of aromatic nitrogens is 2. The van der Waals surface area contributed by atoms with Crippen LogP contribution in [-0.2, 0) is 11.0 Å². The van der Waals surface area contributed by atoms with Crippen LogP contribution in [0.15, 0.2) is 30.6 Å². The van der Waals surface area contributed by atoms with Crippen LogP contribution in [0.1, 0.15) is 18.5 Å². The van der Waals surface area contributed by atoms with Gasteiger partial charge in [-0.25, -0.2) is 9.97 Å². The van der Waals surface area contributed by atoms with E-state index in [1.807, 2.05) is 0 Å². The van der Waals surface area contributed by atoms with Gasteiger partial charge in [0.25, 0.3) is 0 Å². The van der Waals surface area contributed by atoms with Gasteiger partial charge in [0.15, 0.2) is 0 Å². The van der Waals surface area contributed by atoms with E-state index in [2.05, 4.69) is 15.3 Å². The first kappa shape index (κ1) is 20.2. The van der Waals surface area contributed by atoms with Crippen molar-refractivity contribution in [3.8, 4) is 5.75 Å². The fourth-order valence-electron chi connectivity index (χ4n) is 3.03. The number of rotatable bonds is 4. The molecule has 0 atom stereocenters. The Hall–Kier alpha value is -2.55. The maximum Gasteiger partial charge on any atom is 0.433 e. The van der Waals surface area contributed by atoms with E-state index < -0.39 is 11.9 Å². The maximum absolute atomic E-state index is 12.8. The summed E-state index contributed by atoms with van der Waals surface area (Å²) in [6.07, 6.45) is -2.61. The predicted octanol–water partition coefficient (Wildman–Crippen LogP) is 4.01. The lowest BCUT2D eigenvalue weighted by atomic mass is 9.95. The number of nitrogens with zero attached hydrogens (tertiary/aromatic N) is 3. The Bertz CT molecular complexity index is 855. The Morgan fingerprint density at radius 2 is 1.96 bits per heavy atom. The summed E-state index contributed by atoms with van der Waals surface area (Å²) in [7, 11) is 1.50. The van der Waals surface area contributed by atoms with Crippen molar-refractivity contribution >= 4 is 29.0 Å². The molecule has 3 rings (SSSR count). The molecule has 1 aliphatic heterocycles. The van der Waals surface area contributed by atoms with Crippen LogP contribution >= 0.6 is 11.6 Å². The Labute approximate surface area is 164 Å². The third-order valence-corrected chi connectivity index (χ3v) is 4.85. The first-order valence-corrected chi connectivity index (χ1v) is 8.94. The van der Waals surface area contributed by atoms with Gasteiger partial charge in [-0.1, -0.05) is 11.6 Å². The third-order valence-electron chi connectivity index (χ3n) is 4.55. The summed E-state index contributed by atoms with van der Waals surface area (Å²) in [5.74, 6) is 0.319. The van der Waals surface area contributed by atoms with Gasteiger partial charge in [-0.05, 0) is 31.0 Å². The first-order chi connectivity index (χ1) is 13.3. The second-order valence-electron chi connectivity index (χ2n) is 6.36. The number of ether oxygens (including phenoxy) is 1. The Morgan fingerprint density at radius 1 is 1.25 bits per heavy atom. The van der Waals surface area contributed by atoms with E-state index in [-0.39, 0.29) is 17.6 Å². The number of amides is 1. The highest BCUT2D eigenvalue weighted by atomic mass is 35.5. The number of methoxy groups -OCH3 is 1. The van der Waals surface area contributed by atoms with E-state index in [1.165, 1.54) is 7.11 Å². The molecule has 28 heavy (non-hydrogen) atoms. The summed E-state index contributed by atoms with van der Waals surface area (Å²) in [6, 6.07) is 5.89. The molecule has 0 aliphatic carbocycles. The zero-order valence-corrected chi connectivity index (χ0v) is 15.7. The van der Waals surface area contributed by atoms with Crippen LogP contribution < -0.4 is 15.0 Å². The number of piperidine rings is 1. The van der Waals surface area contributed by atoms with Crippen LogP contribution in [0.25, 0.3) is 0 Å². The molecule has 1 amide bonds. The first-order valence-electron chi connectivity index (χ1n) is 8.56. The summed E-state index contributed by atoms with van der Waals surface area (Å²) in [4.78, 5) is 21.4. The monoisotopic (exact) mass is 414 g/mol. The summed E-state index contributed by atoms with van der Waals surface area (Å²) < 4.78 is 43.5. The van der Waals surface area contributed by atoms with Crippen LogP contribution in [0, 0.1) is 5.92 Å². The quantitative estimate of drug-likeness (QED) is 0.818. The minimum Gasteiger partial charge on any atom is -0.495 e. The third kappa shape index (κ3) is 4.64. The van der Waals surface area contributed by atoms with Crippen molar-refractivity contribution in [3.63, 3.8) is 0 Å². The normalized spacial score (nSPS) is 15.4. The van der Waals surface area contributed by atoms with Gasteiger partial charge < -0.3 is 15.0 Å². The second-order valence-corrected chi connectivity index (χ2v) is 6.77. The van der Waals surface area contributed by atoms with Crippen LogP contribution in [0.3, 0.4) is 0 Å². The Kier molecular flexibility index (Phi) is 5.93. The minimum atomic E-state index is -4.52. The number of hydrogen-bond acceptors (Lipinski definition) is 5. The van der Waals surface area contributed by atoms with E-state index in [4.69, 9.17) is 16.3 Å². The fourth-order valence-corrected chi connectivity index (χ4v) is 3.29. The lowest BCUT2D eigenvalue weighted by molar-refractivity contribution is -0.141. The molecule has 1 saturated heterocycles. The van der Waals surface area contributed by atoms with Crippen molar-refractivity contribution in [3.05, 3.63) is 41.3 Å². The average Bonchev–Trinajstić information content (AvgIpc) is 2.68. The number of carbonyl (C=O) groups is 1. The molecule has 1 aliphatic rings. The molecular formula is C18H18ClF3N4O2. The predicted molar refractivity (Wildman–Crippen MR) is 98.6 cm³/mol. The second kappa shape index (κ2) is 8.22. The smallest absolute Gasteiger partial charge is 0.433 e. The highest BCUT2D eigenvalue weighted by Gasteiger charge is 2.34. The number of alkyl halides is 3. The topological polar surface area (TPSA) is 67.3 Å². The van der Waals surface area contributed by atoms with Crippen molar-refractivity contribution in [1.29, 1.82) is 0 Å². The molecule has 2 aromatic rings. The Morgan fingerprint density at radius 3 is 2.57 bits per heavy atom. The van der Waals surface area contributed by atoms with Gasteiger partial charge in [-0.2, -0.15) is 13.2 Å². The van der Waals surface area contributed by atoms with Crippen LogP contribution in [0.5, 0.6) is 5.75 Å². The molecule has 0 spiro atoms. The van der Waals surface area contributed by atoms with Crippen LogP contribution in [0.2, 0.25) is 5.02 Å². The number of carbonyl (C=O) groups excluding carboxylic acids is 1. The standard InChI is InChI=1S/C18H18ClF3N4O2/c1-28-14-3-2-12(8-13(14)19)25-17(27)11-4-6-26(7-5-11)16-9-15(18(20,21)22)23-10-24-16/h2-3,8-11H,4-7H2,1H3,(H,25,27). The van der Waals surface area contributed by atoms with Gasteiger partial charge in [0, 0.05) is 30.8 Å². The molecule has 0 bridgehead atoms. The zero-order valence-electron chi connectivity index (χ0n) is 15.0. The van der Waals surface area contributed by atoms with Gasteiger partial charge >= 0.3 is 6.18 Å². The van der Waals surface area contributed by atoms with Gasteiger partial charge in [0.2, 0.25) is 5.91 Å². The van der Waals surface area contributed by atoms with Crippen molar-refractivity contribution in [2.45, 2.75) is 19.0 Å². The number of benzene rings is 1. The fraction of sp³-hybridized carbons (Fsp3) is 0.389. The summed E-state index contributed by atoms with van der Waals surface area (Å²) in [5.41, 5.74) is -0.419. The lowest BCUT2D eigenvalue weighted by Crippen LogP contribution is -2.38. The van der Waals surface area contributed by atoms with Crippen LogP contribution in [-0.4, -0.2) is 36.1 Å². The molecule has 10 heteroatoms. The highest BCUT2D eigenvalue weighted by Crippen LogP contribution is 2.31. The van der Waals surface area contributed by atoms with E-state index in [0.29, 0.717) is 42.4 Å². The number of nitrogens with one attached hydrogen (secondary N) is 1. The molecule has 6 nitrogen and oxygen atoms in total. The van der Waals surface area contributed by atoms with Gasteiger partial charge in [-0.15, -0.1) is 0 Å². The van der Waals surface area contributed by atoms with Gasteiger partial charge in [0.05, 0.1) is 12.1 Å². The minimum absolute atomic E-state index is 0.153.